The quantitative estimate of drug-likeness (QED) is 0.944. The van der Waals surface area contributed by atoms with Crippen LogP contribution in [0.3, 0.4) is 0 Å². The molecular formula is C17H21NO2S. The standard InChI is InChI=1S/C17H21NO2S/c1-12-9-13(2)11-15(10-12)17(18-3)14-5-7-16(8-6-14)21(4,19)20/h5-11,17-18H,1-4H3. The van der Waals surface area contributed by atoms with Crippen LogP contribution in [0.25, 0.3) is 0 Å². The molecule has 0 bridgehead atoms. The Bertz CT molecular complexity index is 714. The number of sulfone groups is 1. The van der Waals surface area contributed by atoms with Crippen molar-refractivity contribution in [3.8, 4) is 0 Å². The summed E-state index contributed by atoms with van der Waals surface area (Å²) in [6.07, 6.45) is 1.22. The van der Waals surface area contributed by atoms with E-state index in [1.54, 1.807) is 12.1 Å². The van der Waals surface area contributed by atoms with Crippen molar-refractivity contribution in [2.45, 2.75) is 24.8 Å². The van der Waals surface area contributed by atoms with E-state index in [4.69, 9.17) is 0 Å². The predicted octanol–water partition coefficient (Wildman–Crippen LogP) is 3.02. The molecule has 0 aliphatic rings. The van der Waals surface area contributed by atoms with Crippen molar-refractivity contribution in [3.63, 3.8) is 0 Å². The van der Waals surface area contributed by atoms with Gasteiger partial charge in [-0.1, -0.05) is 41.5 Å². The van der Waals surface area contributed by atoms with Gasteiger partial charge in [0.15, 0.2) is 9.84 Å². The first kappa shape index (κ1) is 15.7. The number of benzene rings is 2. The summed E-state index contributed by atoms with van der Waals surface area (Å²) >= 11 is 0. The van der Waals surface area contributed by atoms with Crippen molar-refractivity contribution in [1.29, 1.82) is 0 Å². The Labute approximate surface area is 126 Å². The highest BCUT2D eigenvalue weighted by molar-refractivity contribution is 7.90. The normalized spacial score (nSPS) is 13.1. The van der Waals surface area contributed by atoms with E-state index in [9.17, 15) is 8.42 Å². The fourth-order valence-electron chi connectivity index (χ4n) is 2.61. The smallest absolute Gasteiger partial charge is 0.175 e. The molecule has 0 radical (unpaired) electrons. The molecule has 2 aromatic carbocycles. The van der Waals surface area contributed by atoms with E-state index in [-0.39, 0.29) is 6.04 Å². The van der Waals surface area contributed by atoms with Gasteiger partial charge in [0.05, 0.1) is 10.9 Å². The third kappa shape index (κ3) is 3.71. The van der Waals surface area contributed by atoms with Crippen LogP contribution in [0.15, 0.2) is 47.4 Å². The fourth-order valence-corrected chi connectivity index (χ4v) is 3.24. The second-order valence-electron chi connectivity index (χ2n) is 5.48. The highest BCUT2D eigenvalue weighted by atomic mass is 32.2. The van der Waals surface area contributed by atoms with E-state index in [1.165, 1.54) is 22.9 Å². The number of rotatable bonds is 4. The van der Waals surface area contributed by atoms with Gasteiger partial charge in [-0.3, -0.25) is 0 Å². The van der Waals surface area contributed by atoms with E-state index < -0.39 is 9.84 Å². The summed E-state index contributed by atoms with van der Waals surface area (Å²) in [6, 6.07) is 13.6. The summed E-state index contributed by atoms with van der Waals surface area (Å²) in [5.41, 5.74) is 4.67. The minimum Gasteiger partial charge on any atom is -0.309 e. The van der Waals surface area contributed by atoms with E-state index in [2.05, 4.69) is 37.4 Å². The maximum Gasteiger partial charge on any atom is 0.175 e. The zero-order chi connectivity index (χ0) is 15.6. The molecule has 0 saturated carbocycles. The minimum atomic E-state index is -3.15. The van der Waals surface area contributed by atoms with Crippen molar-refractivity contribution in [2.75, 3.05) is 13.3 Å². The lowest BCUT2D eigenvalue weighted by Gasteiger charge is -2.19. The van der Waals surface area contributed by atoms with E-state index in [1.807, 2.05) is 19.2 Å². The topological polar surface area (TPSA) is 46.2 Å². The summed E-state index contributed by atoms with van der Waals surface area (Å²) in [5, 5.41) is 3.30. The molecule has 3 nitrogen and oxygen atoms in total. The Morgan fingerprint density at radius 1 is 0.905 bits per heavy atom. The van der Waals surface area contributed by atoms with Crippen LogP contribution in [-0.4, -0.2) is 21.7 Å². The van der Waals surface area contributed by atoms with Crippen LogP contribution in [0.2, 0.25) is 0 Å². The molecule has 4 heteroatoms. The average molecular weight is 303 g/mol. The molecule has 21 heavy (non-hydrogen) atoms. The Hall–Kier alpha value is -1.65. The van der Waals surface area contributed by atoms with Gasteiger partial charge >= 0.3 is 0 Å². The van der Waals surface area contributed by atoms with Crippen molar-refractivity contribution in [1.82, 2.24) is 5.32 Å². The maximum atomic E-state index is 11.5. The molecule has 0 aliphatic heterocycles. The molecule has 1 N–H and O–H groups in total. The highest BCUT2D eigenvalue weighted by Crippen LogP contribution is 2.24. The molecule has 1 unspecified atom stereocenters. The largest absolute Gasteiger partial charge is 0.309 e. The van der Waals surface area contributed by atoms with Crippen LogP contribution in [0.5, 0.6) is 0 Å². The third-order valence-corrected chi connectivity index (χ3v) is 4.64. The summed E-state index contributed by atoms with van der Waals surface area (Å²) in [6.45, 7) is 4.16. The highest BCUT2D eigenvalue weighted by Gasteiger charge is 2.14. The molecule has 1 atom stereocenters. The Kier molecular flexibility index (Phi) is 4.49. The lowest BCUT2D eigenvalue weighted by atomic mass is 9.96. The number of aryl methyl sites for hydroxylation is 2. The van der Waals surface area contributed by atoms with Crippen LogP contribution in [0.4, 0.5) is 0 Å². The molecule has 112 valence electrons. The minimum absolute atomic E-state index is 0.0530. The van der Waals surface area contributed by atoms with Gasteiger partial charge in [0.1, 0.15) is 0 Å². The van der Waals surface area contributed by atoms with E-state index >= 15 is 0 Å². The molecule has 0 aliphatic carbocycles. The summed E-state index contributed by atoms with van der Waals surface area (Å²) in [7, 11) is -1.24. The fraction of sp³-hybridized carbons (Fsp3) is 0.294. The van der Waals surface area contributed by atoms with Gasteiger partial charge in [0.2, 0.25) is 0 Å². The molecular weight excluding hydrogens is 282 g/mol. The molecule has 0 aromatic heterocycles. The van der Waals surface area contributed by atoms with Crippen molar-refractivity contribution in [3.05, 3.63) is 64.7 Å². The monoisotopic (exact) mass is 303 g/mol. The zero-order valence-electron chi connectivity index (χ0n) is 12.8. The van der Waals surface area contributed by atoms with Crippen molar-refractivity contribution < 1.29 is 8.42 Å². The SMILES string of the molecule is CNC(c1ccc(S(C)(=O)=O)cc1)c1cc(C)cc(C)c1. The lowest BCUT2D eigenvalue weighted by Crippen LogP contribution is -2.18. The molecule has 0 heterocycles. The Morgan fingerprint density at radius 2 is 1.43 bits per heavy atom. The van der Waals surface area contributed by atoms with Gasteiger partial charge in [-0.15, -0.1) is 0 Å². The van der Waals surface area contributed by atoms with E-state index in [0.29, 0.717) is 4.90 Å². The first-order chi connectivity index (χ1) is 9.81. The van der Waals surface area contributed by atoms with Crippen LogP contribution >= 0.6 is 0 Å². The van der Waals surface area contributed by atoms with Gasteiger partial charge in [-0.2, -0.15) is 0 Å². The molecule has 2 rings (SSSR count). The number of hydrogen-bond acceptors (Lipinski definition) is 3. The van der Waals surface area contributed by atoms with Crippen LogP contribution < -0.4 is 5.32 Å². The predicted molar refractivity (Wildman–Crippen MR) is 86.4 cm³/mol. The molecule has 0 saturated heterocycles. The second-order valence-corrected chi connectivity index (χ2v) is 7.50. The second kappa shape index (κ2) is 6.00. The lowest BCUT2D eigenvalue weighted by molar-refractivity contribution is 0.601. The van der Waals surface area contributed by atoms with Gasteiger partial charge in [-0.25, -0.2) is 8.42 Å². The Morgan fingerprint density at radius 3 is 1.86 bits per heavy atom. The molecule has 0 amide bonds. The third-order valence-electron chi connectivity index (χ3n) is 3.51. The van der Waals surface area contributed by atoms with Crippen LogP contribution in [-0.2, 0) is 9.84 Å². The summed E-state index contributed by atoms with van der Waals surface area (Å²) in [4.78, 5) is 0.349. The van der Waals surface area contributed by atoms with Gasteiger partial charge < -0.3 is 5.32 Å². The van der Waals surface area contributed by atoms with E-state index in [0.717, 1.165) is 5.56 Å². The summed E-state index contributed by atoms with van der Waals surface area (Å²) in [5.74, 6) is 0. The average Bonchev–Trinajstić information content (AvgIpc) is 2.38. The molecule has 0 spiro atoms. The Balaban J connectivity index is 2.42. The van der Waals surface area contributed by atoms with Gasteiger partial charge in [0, 0.05) is 6.26 Å². The van der Waals surface area contributed by atoms with Crippen molar-refractivity contribution in [2.24, 2.45) is 0 Å². The van der Waals surface area contributed by atoms with Gasteiger partial charge in [-0.05, 0) is 44.2 Å². The zero-order valence-corrected chi connectivity index (χ0v) is 13.7. The number of nitrogens with one attached hydrogen (secondary N) is 1. The maximum absolute atomic E-state index is 11.5. The summed E-state index contributed by atoms with van der Waals surface area (Å²) < 4.78 is 23.1. The van der Waals surface area contributed by atoms with Crippen molar-refractivity contribution >= 4 is 9.84 Å². The first-order valence-corrected chi connectivity index (χ1v) is 8.76. The van der Waals surface area contributed by atoms with Gasteiger partial charge in [0.25, 0.3) is 0 Å². The van der Waals surface area contributed by atoms with Crippen LogP contribution in [0.1, 0.15) is 28.3 Å². The molecule has 2 aromatic rings. The number of hydrogen-bond donors (Lipinski definition) is 1. The van der Waals surface area contributed by atoms with Crippen LogP contribution in [0, 0.1) is 13.8 Å². The molecule has 0 fully saturated rings. The first-order valence-electron chi connectivity index (χ1n) is 6.87.